The van der Waals surface area contributed by atoms with Crippen LogP contribution in [0.25, 0.3) is 33.4 Å². The second-order valence-electron chi connectivity index (χ2n) is 8.94. The molecule has 7 nitrogen and oxygen atoms in total. The molecule has 2 aromatic carbocycles. The first-order valence-electron chi connectivity index (χ1n) is 11.3. The summed E-state index contributed by atoms with van der Waals surface area (Å²) in [5.74, 6) is 0.847. The van der Waals surface area contributed by atoms with Gasteiger partial charge in [0, 0.05) is 7.05 Å². The Balaban J connectivity index is 1.66. The molecule has 0 amide bonds. The van der Waals surface area contributed by atoms with E-state index in [1.54, 1.807) is 6.07 Å². The van der Waals surface area contributed by atoms with Crippen molar-refractivity contribution < 1.29 is 19.3 Å². The van der Waals surface area contributed by atoms with Gasteiger partial charge in [-0.05, 0) is 30.2 Å². The number of rotatable bonds is 4. The van der Waals surface area contributed by atoms with Crippen molar-refractivity contribution in [1.29, 1.82) is 0 Å². The van der Waals surface area contributed by atoms with E-state index in [0.29, 0.717) is 35.3 Å². The molecule has 3 N–H and O–H groups in total. The lowest BCUT2D eigenvalue weighted by atomic mass is 10.0. The third-order valence-electron chi connectivity index (χ3n) is 6.86. The van der Waals surface area contributed by atoms with Crippen LogP contribution in [0.5, 0.6) is 5.75 Å². The van der Waals surface area contributed by atoms with Crippen molar-refractivity contribution >= 4 is 22.0 Å². The van der Waals surface area contributed by atoms with Crippen LogP contribution in [-0.4, -0.2) is 47.9 Å². The van der Waals surface area contributed by atoms with Crippen LogP contribution in [0.4, 0.5) is 0 Å². The van der Waals surface area contributed by atoms with Gasteiger partial charge in [0.2, 0.25) is 5.43 Å². The molecule has 2 aromatic heterocycles. The lowest BCUT2D eigenvalue weighted by molar-refractivity contribution is -1.01. The van der Waals surface area contributed by atoms with E-state index < -0.39 is 0 Å². The van der Waals surface area contributed by atoms with Crippen LogP contribution in [0.1, 0.15) is 18.1 Å². The van der Waals surface area contributed by atoms with E-state index in [4.69, 9.17) is 4.42 Å². The smallest absolute Gasteiger partial charge is 0.203 e. The van der Waals surface area contributed by atoms with Crippen molar-refractivity contribution in [2.24, 2.45) is 7.05 Å². The van der Waals surface area contributed by atoms with Crippen LogP contribution in [0, 0.1) is 0 Å². The van der Waals surface area contributed by atoms with Crippen LogP contribution in [0.2, 0.25) is 0 Å². The molecule has 0 saturated carbocycles. The summed E-state index contributed by atoms with van der Waals surface area (Å²) in [5, 5.41) is 11.5. The average Bonchev–Trinajstić information content (AvgIpc) is 3.13. The molecule has 166 valence electrons. The van der Waals surface area contributed by atoms with Crippen molar-refractivity contribution in [3.8, 4) is 17.1 Å². The maximum atomic E-state index is 13.6. The standard InChI is InChI=1S/C25H28N4O3/c1-4-16-13-17-23(31)19(25-26-20-7-5-6-8-21(20)28(25)3)15-32-24(17)18(22(16)30)14-29-11-9-27(2)10-12-29/h5-8,13,15,30H,4,9-12,14H2,1-3H3/p+2. The zero-order chi connectivity index (χ0) is 22.4. The Morgan fingerprint density at radius 1 is 1.19 bits per heavy atom. The van der Waals surface area contributed by atoms with Gasteiger partial charge in [0.1, 0.15) is 61.7 Å². The first-order chi connectivity index (χ1) is 15.5. The van der Waals surface area contributed by atoms with Crippen LogP contribution in [0.15, 0.2) is 45.8 Å². The van der Waals surface area contributed by atoms with Gasteiger partial charge in [-0.1, -0.05) is 19.1 Å². The zero-order valence-electron chi connectivity index (χ0n) is 18.9. The maximum Gasteiger partial charge on any atom is 0.203 e. The molecule has 1 fully saturated rings. The highest BCUT2D eigenvalue weighted by molar-refractivity contribution is 5.87. The third kappa shape index (κ3) is 3.38. The van der Waals surface area contributed by atoms with E-state index >= 15 is 0 Å². The van der Waals surface area contributed by atoms with Gasteiger partial charge >= 0.3 is 0 Å². The number of nitrogens with one attached hydrogen (secondary N) is 2. The van der Waals surface area contributed by atoms with Crippen LogP contribution < -0.4 is 15.2 Å². The Kier molecular flexibility index (Phi) is 5.23. The number of hydrogen-bond donors (Lipinski definition) is 3. The summed E-state index contributed by atoms with van der Waals surface area (Å²) in [6.45, 7) is 6.91. The Morgan fingerprint density at radius 3 is 2.66 bits per heavy atom. The number of quaternary nitrogens is 2. The fraction of sp³-hybridized carbons (Fsp3) is 0.360. The van der Waals surface area contributed by atoms with Crippen molar-refractivity contribution in [3.05, 3.63) is 57.9 Å². The Bertz CT molecular complexity index is 1360. The molecule has 5 rings (SSSR count). The molecule has 4 aromatic rings. The Labute approximate surface area is 186 Å². The molecule has 1 saturated heterocycles. The van der Waals surface area contributed by atoms with Gasteiger partial charge in [0.25, 0.3) is 0 Å². The molecule has 1 aliphatic rings. The van der Waals surface area contributed by atoms with E-state index in [2.05, 4.69) is 12.0 Å². The number of likely N-dealkylation sites (N-methyl/N-ethyl adjacent to an activating group) is 1. The monoisotopic (exact) mass is 434 g/mol. The van der Waals surface area contributed by atoms with Gasteiger partial charge < -0.3 is 23.9 Å². The predicted molar refractivity (Wildman–Crippen MR) is 124 cm³/mol. The number of fused-ring (bicyclic) bond motifs is 2. The minimum absolute atomic E-state index is 0.113. The van der Waals surface area contributed by atoms with Crippen molar-refractivity contribution in [2.75, 3.05) is 33.2 Å². The number of benzene rings is 2. The van der Waals surface area contributed by atoms with E-state index in [0.717, 1.165) is 48.3 Å². The third-order valence-corrected chi connectivity index (χ3v) is 6.86. The number of phenols is 1. The van der Waals surface area contributed by atoms with Crippen molar-refractivity contribution in [2.45, 2.75) is 19.9 Å². The Hall–Kier alpha value is -3.16. The molecular formula is C25H30N4O3+2. The van der Waals surface area contributed by atoms with E-state index in [9.17, 15) is 9.90 Å². The second-order valence-corrected chi connectivity index (χ2v) is 8.94. The van der Waals surface area contributed by atoms with E-state index in [1.165, 1.54) is 16.1 Å². The number of hydrogen-bond acceptors (Lipinski definition) is 4. The number of aromatic hydroxyl groups is 1. The Morgan fingerprint density at radius 2 is 1.94 bits per heavy atom. The van der Waals surface area contributed by atoms with Gasteiger partial charge in [-0.15, -0.1) is 0 Å². The number of aromatic nitrogens is 2. The summed E-state index contributed by atoms with van der Waals surface area (Å²) in [5.41, 5.74) is 4.13. The second kappa shape index (κ2) is 8.07. The summed E-state index contributed by atoms with van der Waals surface area (Å²) < 4.78 is 7.99. The van der Waals surface area contributed by atoms with Crippen LogP contribution in [-0.2, 0) is 20.0 Å². The first kappa shape index (κ1) is 20.7. The van der Waals surface area contributed by atoms with E-state index in [-0.39, 0.29) is 11.2 Å². The molecule has 0 unspecified atom stereocenters. The number of piperazine rings is 1. The van der Waals surface area contributed by atoms with Crippen LogP contribution >= 0.6 is 0 Å². The number of imidazole rings is 1. The highest BCUT2D eigenvalue weighted by atomic mass is 16.3. The molecule has 0 aliphatic carbocycles. The summed E-state index contributed by atoms with van der Waals surface area (Å²) in [6.07, 6.45) is 2.15. The maximum absolute atomic E-state index is 13.6. The van der Waals surface area contributed by atoms with Gasteiger partial charge in [-0.25, -0.2) is 4.98 Å². The van der Waals surface area contributed by atoms with Crippen molar-refractivity contribution in [1.82, 2.24) is 9.55 Å². The van der Waals surface area contributed by atoms with Gasteiger partial charge in [-0.3, -0.25) is 4.79 Å². The van der Waals surface area contributed by atoms with E-state index in [1.807, 2.05) is 42.8 Å². The SMILES string of the molecule is CCc1cc2c(=O)c(-c3nc4ccccc4n3C)coc2c(C[NH+]2CC[NH+](C)CC2)c1O. The highest BCUT2D eigenvalue weighted by Gasteiger charge is 2.26. The molecule has 0 spiro atoms. The average molecular weight is 435 g/mol. The lowest BCUT2D eigenvalue weighted by Gasteiger charge is -2.27. The predicted octanol–water partition coefficient (Wildman–Crippen LogP) is 0.528. The molecule has 7 heteroatoms. The van der Waals surface area contributed by atoms with Gasteiger partial charge in [-0.2, -0.15) is 0 Å². The highest BCUT2D eigenvalue weighted by Crippen LogP contribution is 2.32. The summed E-state index contributed by atoms with van der Waals surface area (Å²) in [4.78, 5) is 21.2. The minimum atomic E-state index is -0.113. The fourth-order valence-corrected chi connectivity index (χ4v) is 4.82. The zero-order valence-corrected chi connectivity index (χ0v) is 18.9. The number of phenolic OH excluding ortho intramolecular Hbond substituents is 1. The largest absolute Gasteiger partial charge is 0.507 e. The van der Waals surface area contributed by atoms with Crippen LogP contribution in [0.3, 0.4) is 0 Å². The molecule has 0 bridgehead atoms. The summed E-state index contributed by atoms with van der Waals surface area (Å²) >= 11 is 0. The number of nitrogens with zero attached hydrogens (tertiary/aromatic N) is 2. The summed E-state index contributed by atoms with van der Waals surface area (Å²) in [6, 6.07) is 9.61. The number of para-hydroxylation sites is 2. The lowest BCUT2D eigenvalue weighted by Crippen LogP contribution is -3.26. The van der Waals surface area contributed by atoms with Gasteiger partial charge in [0.15, 0.2) is 0 Å². The topological polar surface area (TPSA) is 77.1 Å². The first-order valence-corrected chi connectivity index (χ1v) is 11.3. The molecule has 32 heavy (non-hydrogen) atoms. The minimum Gasteiger partial charge on any atom is -0.507 e. The quantitative estimate of drug-likeness (QED) is 0.438. The molecule has 0 radical (unpaired) electrons. The molecule has 0 atom stereocenters. The fourth-order valence-electron chi connectivity index (χ4n) is 4.82. The molecule has 3 heterocycles. The number of aryl methyl sites for hydroxylation is 2. The normalized spacial score (nSPS) is 19.1. The van der Waals surface area contributed by atoms with Gasteiger partial charge in [0.05, 0.1) is 29.0 Å². The van der Waals surface area contributed by atoms with Crippen molar-refractivity contribution in [3.63, 3.8) is 0 Å². The molecular weight excluding hydrogens is 404 g/mol. The molecule has 1 aliphatic heterocycles. The summed E-state index contributed by atoms with van der Waals surface area (Å²) in [7, 11) is 4.12.